The molecule has 1 aromatic heterocycles. The molecule has 16 heavy (non-hydrogen) atoms. The third-order valence-electron chi connectivity index (χ3n) is 2.28. The Morgan fingerprint density at radius 1 is 1.44 bits per heavy atom. The van der Waals surface area contributed by atoms with Gasteiger partial charge in [-0.3, -0.25) is 0 Å². The van der Waals surface area contributed by atoms with Gasteiger partial charge in [-0.1, -0.05) is 11.6 Å². The minimum atomic E-state index is -0.353. The number of rotatable bonds is 3. The summed E-state index contributed by atoms with van der Waals surface area (Å²) >= 11 is 5.97. The minimum Gasteiger partial charge on any atom is -0.330 e. The Morgan fingerprint density at radius 2 is 2.25 bits per heavy atom. The number of hydrogen-bond acceptors (Lipinski definition) is 2. The van der Waals surface area contributed by atoms with Crippen LogP contribution in [-0.4, -0.2) is 16.1 Å². The first-order valence-electron chi connectivity index (χ1n) is 4.89. The van der Waals surface area contributed by atoms with E-state index in [9.17, 15) is 4.39 Å². The van der Waals surface area contributed by atoms with Gasteiger partial charge in [0.25, 0.3) is 0 Å². The van der Waals surface area contributed by atoms with Gasteiger partial charge in [0.1, 0.15) is 5.82 Å². The largest absolute Gasteiger partial charge is 0.330 e. The molecule has 0 fully saturated rings. The van der Waals surface area contributed by atoms with Crippen molar-refractivity contribution >= 4 is 11.6 Å². The molecular weight excluding hydrogens is 229 g/mol. The van der Waals surface area contributed by atoms with Crippen LogP contribution in [0.2, 0.25) is 5.02 Å². The molecule has 2 aromatic rings. The van der Waals surface area contributed by atoms with Crippen LogP contribution < -0.4 is 5.73 Å². The third kappa shape index (κ3) is 2.08. The van der Waals surface area contributed by atoms with Crippen LogP contribution in [0.25, 0.3) is 5.69 Å². The Balaban J connectivity index is 2.46. The highest BCUT2D eigenvalue weighted by Crippen LogP contribution is 2.22. The van der Waals surface area contributed by atoms with Crippen LogP contribution >= 0.6 is 11.6 Å². The number of nitrogens with zero attached hydrogens (tertiary/aromatic N) is 2. The number of nitrogens with two attached hydrogens (primary N) is 1. The molecule has 0 saturated heterocycles. The van der Waals surface area contributed by atoms with Gasteiger partial charge in [0, 0.05) is 18.3 Å². The normalized spacial score (nSPS) is 10.7. The molecule has 0 radical (unpaired) electrons. The van der Waals surface area contributed by atoms with E-state index < -0.39 is 0 Å². The van der Waals surface area contributed by atoms with Crippen LogP contribution in [0.3, 0.4) is 0 Å². The molecule has 2 N–H and O–H groups in total. The van der Waals surface area contributed by atoms with Crippen molar-refractivity contribution in [3.05, 3.63) is 47.3 Å². The first-order chi connectivity index (χ1) is 7.72. The van der Waals surface area contributed by atoms with E-state index in [0.29, 0.717) is 23.7 Å². The van der Waals surface area contributed by atoms with Crippen LogP contribution in [-0.2, 0) is 6.42 Å². The van der Waals surface area contributed by atoms with Crippen LogP contribution in [0.15, 0.2) is 30.7 Å². The standard InChI is InChI=1S/C11H11ClFN3/c12-10-5-8(13)1-2-11(10)16-7-15-6-9(16)3-4-14/h1-2,5-7H,3-4,14H2. The highest BCUT2D eigenvalue weighted by atomic mass is 35.5. The van der Waals surface area contributed by atoms with Gasteiger partial charge in [0.05, 0.1) is 17.0 Å². The lowest BCUT2D eigenvalue weighted by Gasteiger charge is -2.09. The lowest BCUT2D eigenvalue weighted by atomic mass is 10.2. The predicted octanol–water partition coefficient (Wildman–Crippen LogP) is 2.17. The summed E-state index contributed by atoms with van der Waals surface area (Å²) in [6.07, 6.45) is 4.07. The van der Waals surface area contributed by atoms with E-state index in [4.69, 9.17) is 17.3 Å². The van der Waals surface area contributed by atoms with E-state index >= 15 is 0 Å². The Hall–Kier alpha value is -1.39. The second-order valence-electron chi connectivity index (χ2n) is 3.39. The van der Waals surface area contributed by atoms with Crippen molar-refractivity contribution in [2.45, 2.75) is 6.42 Å². The van der Waals surface area contributed by atoms with Crippen molar-refractivity contribution in [2.24, 2.45) is 5.73 Å². The van der Waals surface area contributed by atoms with Gasteiger partial charge in [0.2, 0.25) is 0 Å². The smallest absolute Gasteiger partial charge is 0.124 e. The van der Waals surface area contributed by atoms with Gasteiger partial charge in [-0.2, -0.15) is 0 Å². The zero-order valence-electron chi connectivity index (χ0n) is 8.53. The summed E-state index contributed by atoms with van der Waals surface area (Å²) in [7, 11) is 0. The van der Waals surface area contributed by atoms with E-state index in [0.717, 1.165) is 5.69 Å². The van der Waals surface area contributed by atoms with Crippen LogP contribution in [0.1, 0.15) is 5.69 Å². The number of aromatic nitrogens is 2. The van der Waals surface area contributed by atoms with Gasteiger partial charge >= 0.3 is 0 Å². The fourth-order valence-electron chi connectivity index (χ4n) is 1.55. The highest BCUT2D eigenvalue weighted by Gasteiger charge is 2.08. The van der Waals surface area contributed by atoms with Crippen LogP contribution in [0, 0.1) is 5.82 Å². The van der Waals surface area contributed by atoms with Crippen LogP contribution in [0.5, 0.6) is 0 Å². The lowest BCUT2D eigenvalue weighted by molar-refractivity contribution is 0.627. The molecule has 0 saturated carbocycles. The number of halogens is 2. The van der Waals surface area contributed by atoms with E-state index in [2.05, 4.69) is 4.98 Å². The molecule has 0 unspecified atom stereocenters. The summed E-state index contributed by atoms with van der Waals surface area (Å²) in [5.41, 5.74) is 7.16. The summed E-state index contributed by atoms with van der Waals surface area (Å²) in [4.78, 5) is 4.04. The summed E-state index contributed by atoms with van der Waals surface area (Å²) in [6, 6.07) is 4.27. The number of imidazole rings is 1. The molecule has 0 bridgehead atoms. The van der Waals surface area contributed by atoms with Crippen molar-refractivity contribution in [2.75, 3.05) is 6.54 Å². The van der Waals surface area contributed by atoms with Crippen molar-refractivity contribution in [3.8, 4) is 5.69 Å². The maximum absolute atomic E-state index is 12.9. The summed E-state index contributed by atoms with van der Waals surface area (Å²) in [5, 5.41) is 0.358. The lowest BCUT2D eigenvalue weighted by Crippen LogP contribution is -2.07. The molecule has 3 nitrogen and oxygen atoms in total. The molecule has 2 rings (SSSR count). The Kier molecular flexibility index (Phi) is 3.22. The molecule has 0 spiro atoms. The Bertz CT molecular complexity index is 496. The fourth-order valence-corrected chi connectivity index (χ4v) is 1.81. The molecule has 1 aromatic carbocycles. The minimum absolute atomic E-state index is 0.353. The molecular formula is C11H11ClFN3. The predicted molar refractivity (Wildman–Crippen MR) is 61.3 cm³/mol. The fraction of sp³-hybridized carbons (Fsp3) is 0.182. The molecule has 1 heterocycles. The van der Waals surface area contributed by atoms with Gasteiger partial charge in [-0.05, 0) is 24.7 Å². The second-order valence-corrected chi connectivity index (χ2v) is 3.80. The van der Waals surface area contributed by atoms with E-state index in [1.165, 1.54) is 12.1 Å². The molecule has 0 atom stereocenters. The third-order valence-corrected chi connectivity index (χ3v) is 2.59. The van der Waals surface area contributed by atoms with Crippen molar-refractivity contribution in [1.82, 2.24) is 9.55 Å². The van der Waals surface area contributed by atoms with Crippen molar-refractivity contribution in [3.63, 3.8) is 0 Å². The maximum atomic E-state index is 12.9. The molecule has 0 amide bonds. The maximum Gasteiger partial charge on any atom is 0.124 e. The summed E-state index contributed by atoms with van der Waals surface area (Å²) < 4.78 is 14.7. The van der Waals surface area contributed by atoms with Gasteiger partial charge in [-0.15, -0.1) is 0 Å². The zero-order chi connectivity index (χ0) is 11.5. The van der Waals surface area contributed by atoms with E-state index in [1.54, 1.807) is 18.6 Å². The molecule has 0 aliphatic carbocycles. The molecule has 84 valence electrons. The second kappa shape index (κ2) is 4.63. The SMILES string of the molecule is NCCc1cncn1-c1ccc(F)cc1Cl. The topological polar surface area (TPSA) is 43.8 Å². The van der Waals surface area contributed by atoms with Gasteiger partial charge in [0.15, 0.2) is 0 Å². The highest BCUT2D eigenvalue weighted by molar-refractivity contribution is 6.32. The quantitative estimate of drug-likeness (QED) is 0.892. The van der Waals surface area contributed by atoms with E-state index in [1.807, 2.05) is 4.57 Å². The monoisotopic (exact) mass is 239 g/mol. The Morgan fingerprint density at radius 3 is 2.94 bits per heavy atom. The van der Waals surface area contributed by atoms with Crippen molar-refractivity contribution < 1.29 is 4.39 Å². The molecule has 0 aliphatic heterocycles. The van der Waals surface area contributed by atoms with E-state index in [-0.39, 0.29) is 5.82 Å². The molecule has 5 heteroatoms. The summed E-state index contributed by atoms with van der Waals surface area (Å²) in [6.45, 7) is 0.532. The first kappa shape index (κ1) is 11.1. The van der Waals surface area contributed by atoms with Gasteiger partial charge in [-0.25, -0.2) is 9.37 Å². The van der Waals surface area contributed by atoms with Crippen molar-refractivity contribution in [1.29, 1.82) is 0 Å². The Labute approximate surface area is 97.7 Å². The average molecular weight is 240 g/mol. The average Bonchev–Trinajstić information content (AvgIpc) is 2.67. The zero-order valence-corrected chi connectivity index (χ0v) is 9.28. The van der Waals surface area contributed by atoms with Gasteiger partial charge < -0.3 is 10.3 Å². The summed E-state index contributed by atoms with van der Waals surface area (Å²) in [5.74, 6) is -0.353. The number of benzene rings is 1. The number of hydrogen-bond donors (Lipinski definition) is 1. The molecule has 0 aliphatic rings. The van der Waals surface area contributed by atoms with Crippen LogP contribution in [0.4, 0.5) is 4.39 Å². The first-order valence-corrected chi connectivity index (χ1v) is 5.27.